The predicted octanol–water partition coefficient (Wildman–Crippen LogP) is 1.68. The van der Waals surface area contributed by atoms with Gasteiger partial charge in [-0.05, 0) is 31.6 Å². The Bertz CT molecular complexity index is 707. The second-order valence-corrected chi connectivity index (χ2v) is 6.01. The zero-order chi connectivity index (χ0) is 16.2. The normalized spacial score (nSPS) is 11.9. The van der Waals surface area contributed by atoms with Crippen LogP contribution in [0.2, 0.25) is 0 Å². The summed E-state index contributed by atoms with van der Waals surface area (Å²) in [6, 6.07) is 1.55. The molecule has 0 fully saturated rings. The molecule has 0 amide bonds. The number of hydrogen-bond donors (Lipinski definition) is 2. The Morgan fingerprint density at radius 3 is 2.67 bits per heavy atom. The fourth-order valence-electron chi connectivity index (χ4n) is 1.38. The number of methoxy groups -OCH3 is 1. The fraction of sp³-hybridized carbons (Fsp3) is 0.231. The molecule has 1 heterocycles. The van der Waals surface area contributed by atoms with Crippen molar-refractivity contribution in [3.05, 3.63) is 41.0 Å². The summed E-state index contributed by atoms with van der Waals surface area (Å²) in [6.07, 6.45) is 2.50. The van der Waals surface area contributed by atoms with Gasteiger partial charge in [0.05, 0.1) is 12.0 Å². The predicted molar refractivity (Wildman–Crippen MR) is 78.6 cm³/mol. The molecule has 21 heavy (non-hydrogen) atoms. The van der Waals surface area contributed by atoms with Crippen LogP contribution in [-0.4, -0.2) is 31.6 Å². The minimum absolute atomic E-state index is 0.107. The zero-order valence-corrected chi connectivity index (χ0v) is 12.7. The summed E-state index contributed by atoms with van der Waals surface area (Å²) < 4.78 is 31.5. The summed E-state index contributed by atoms with van der Waals surface area (Å²) in [5, 5.41) is 8.75. The smallest absolute Gasteiger partial charge is 0.331 e. The van der Waals surface area contributed by atoms with Crippen molar-refractivity contribution in [3.8, 4) is 5.88 Å². The number of nitrogens with one attached hydrogen (secondary N) is 1. The van der Waals surface area contributed by atoms with E-state index in [1.54, 1.807) is 13.0 Å². The third-order valence-electron chi connectivity index (χ3n) is 2.49. The van der Waals surface area contributed by atoms with Crippen molar-refractivity contribution in [1.29, 1.82) is 0 Å². The van der Waals surface area contributed by atoms with Crippen LogP contribution in [0.1, 0.15) is 12.5 Å². The number of aliphatic carboxylic acids is 1. The highest BCUT2D eigenvalue weighted by atomic mass is 32.2. The first-order valence-electron chi connectivity index (χ1n) is 5.81. The Hall–Kier alpha value is -2.35. The van der Waals surface area contributed by atoms with Crippen molar-refractivity contribution in [1.82, 2.24) is 4.98 Å². The Labute approximate surface area is 123 Å². The molecular formula is C13H16N2O5S. The van der Waals surface area contributed by atoms with Gasteiger partial charge in [-0.15, -0.1) is 0 Å². The maximum Gasteiger partial charge on any atom is 0.331 e. The molecule has 1 aromatic heterocycles. The third-order valence-corrected chi connectivity index (χ3v) is 3.78. The van der Waals surface area contributed by atoms with Crippen LogP contribution in [0.25, 0.3) is 0 Å². The van der Waals surface area contributed by atoms with Gasteiger partial charge in [0.25, 0.3) is 10.0 Å². The van der Waals surface area contributed by atoms with E-state index >= 15 is 0 Å². The lowest BCUT2D eigenvalue weighted by Crippen LogP contribution is -2.15. The van der Waals surface area contributed by atoms with Crippen molar-refractivity contribution in [2.24, 2.45) is 0 Å². The van der Waals surface area contributed by atoms with Crippen LogP contribution in [0.5, 0.6) is 5.88 Å². The van der Waals surface area contributed by atoms with E-state index in [-0.39, 0.29) is 22.0 Å². The van der Waals surface area contributed by atoms with Crippen molar-refractivity contribution in [3.63, 3.8) is 0 Å². The molecule has 7 nitrogen and oxygen atoms in total. The van der Waals surface area contributed by atoms with E-state index < -0.39 is 16.0 Å². The molecule has 0 aromatic carbocycles. The van der Waals surface area contributed by atoms with E-state index in [2.05, 4.69) is 16.3 Å². The van der Waals surface area contributed by atoms with Gasteiger partial charge in [-0.25, -0.2) is 18.2 Å². The SMILES string of the molecule is C=C(/C=C(\C)C(=O)O)S(=O)(=O)Nc1cc(C)cnc1OC. The highest BCUT2D eigenvalue weighted by Crippen LogP contribution is 2.25. The van der Waals surface area contributed by atoms with Gasteiger partial charge in [0.15, 0.2) is 0 Å². The second-order valence-electron chi connectivity index (χ2n) is 4.27. The first kappa shape index (κ1) is 16.7. The van der Waals surface area contributed by atoms with E-state index in [0.717, 1.165) is 11.6 Å². The Morgan fingerprint density at radius 1 is 1.52 bits per heavy atom. The highest BCUT2D eigenvalue weighted by molar-refractivity contribution is 7.96. The number of carbonyl (C=O) groups is 1. The van der Waals surface area contributed by atoms with Gasteiger partial charge in [-0.2, -0.15) is 0 Å². The van der Waals surface area contributed by atoms with Crippen LogP contribution in [0.4, 0.5) is 5.69 Å². The van der Waals surface area contributed by atoms with E-state index in [9.17, 15) is 13.2 Å². The van der Waals surface area contributed by atoms with Crippen molar-refractivity contribution in [2.45, 2.75) is 13.8 Å². The number of anilines is 1. The minimum Gasteiger partial charge on any atom is -0.480 e. The molecule has 0 saturated heterocycles. The molecule has 1 rings (SSSR count). The number of carboxylic acid groups (broad SMARTS) is 1. The van der Waals surface area contributed by atoms with Gasteiger partial charge in [0.1, 0.15) is 5.69 Å². The number of aryl methyl sites for hydroxylation is 1. The Morgan fingerprint density at radius 2 is 2.14 bits per heavy atom. The second kappa shape index (κ2) is 6.40. The number of allylic oxidation sites excluding steroid dienone is 1. The maximum absolute atomic E-state index is 12.1. The van der Waals surface area contributed by atoms with Crippen LogP contribution in [-0.2, 0) is 14.8 Å². The van der Waals surface area contributed by atoms with Gasteiger partial charge in [0, 0.05) is 11.8 Å². The standard InChI is InChI=1S/C13H16N2O5S/c1-8-5-11(12(20-4)14-7-8)15-21(18,19)10(3)6-9(2)13(16)17/h5-7,15H,3H2,1-2,4H3,(H,16,17)/b9-6+. The molecule has 0 atom stereocenters. The first-order chi connectivity index (χ1) is 9.67. The lowest BCUT2D eigenvalue weighted by Gasteiger charge is -2.11. The number of aromatic nitrogens is 1. The minimum atomic E-state index is -4.00. The highest BCUT2D eigenvalue weighted by Gasteiger charge is 2.18. The molecule has 0 bridgehead atoms. The van der Waals surface area contributed by atoms with Crippen molar-refractivity contribution >= 4 is 21.7 Å². The zero-order valence-electron chi connectivity index (χ0n) is 11.9. The molecule has 0 radical (unpaired) electrons. The van der Waals surface area contributed by atoms with Gasteiger partial charge in [-0.3, -0.25) is 4.72 Å². The number of ether oxygens (including phenoxy) is 1. The van der Waals surface area contributed by atoms with Gasteiger partial charge in [0.2, 0.25) is 5.88 Å². The van der Waals surface area contributed by atoms with Crippen molar-refractivity contribution in [2.75, 3.05) is 11.8 Å². The summed E-state index contributed by atoms with van der Waals surface area (Å²) in [4.78, 5) is 14.3. The Kier molecular flexibility index (Phi) is 5.09. The molecule has 0 saturated carbocycles. The average Bonchev–Trinajstić information content (AvgIpc) is 2.38. The molecule has 0 aliphatic heterocycles. The summed E-state index contributed by atoms with van der Waals surface area (Å²) in [6.45, 7) is 6.39. The van der Waals surface area contributed by atoms with E-state index in [4.69, 9.17) is 9.84 Å². The lowest BCUT2D eigenvalue weighted by molar-refractivity contribution is -0.132. The van der Waals surface area contributed by atoms with Gasteiger partial charge < -0.3 is 9.84 Å². The maximum atomic E-state index is 12.1. The van der Waals surface area contributed by atoms with Crippen LogP contribution in [0.3, 0.4) is 0 Å². The molecule has 0 spiro atoms. The van der Waals surface area contributed by atoms with Gasteiger partial charge >= 0.3 is 5.97 Å². The fourth-order valence-corrected chi connectivity index (χ4v) is 2.28. The lowest BCUT2D eigenvalue weighted by atomic mass is 10.3. The number of pyridine rings is 1. The number of hydrogen-bond acceptors (Lipinski definition) is 5. The molecule has 0 unspecified atom stereocenters. The van der Waals surface area contributed by atoms with E-state index in [1.807, 2.05) is 0 Å². The monoisotopic (exact) mass is 312 g/mol. The van der Waals surface area contributed by atoms with Crippen LogP contribution in [0, 0.1) is 6.92 Å². The molecular weight excluding hydrogens is 296 g/mol. The van der Waals surface area contributed by atoms with E-state index in [0.29, 0.717) is 0 Å². The molecule has 1 aromatic rings. The number of carboxylic acids is 1. The molecule has 2 N–H and O–H groups in total. The van der Waals surface area contributed by atoms with Gasteiger partial charge in [-0.1, -0.05) is 6.58 Å². The van der Waals surface area contributed by atoms with Crippen LogP contribution >= 0.6 is 0 Å². The summed E-state index contributed by atoms with van der Waals surface area (Å²) >= 11 is 0. The molecule has 8 heteroatoms. The van der Waals surface area contributed by atoms with Crippen LogP contribution in [0.15, 0.2) is 35.4 Å². The number of sulfonamides is 1. The average molecular weight is 312 g/mol. The third kappa shape index (κ3) is 4.32. The topological polar surface area (TPSA) is 106 Å². The Balaban J connectivity index is 3.12. The van der Waals surface area contributed by atoms with E-state index in [1.165, 1.54) is 20.2 Å². The molecule has 114 valence electrons. The first-order valence-corrected chi connectivity index (χ1v) is 7.29. The molecule has 0 aliphatic rings. The summed E-state index contributed by atoms with van der Waals surface area (Å²) in [5.74, 6) is -1.11. The number of nitrogens with zero attached hydrogens (tertiary/aromatic N) is 1. The summed E-state index contributed by atoms with van der Waals surface area (Å²) in [7, 11) is -2.64. The largest absolute Gasteiger partial charge is 0.480 e. The quantitative estimate of drug-likeness (QED) is 0.611. The van der Waals surface area contributed by atoms with Crippen molar-refractivity contribution < 1.29 is 23.1 Å². The molecule has 0 aliphatic carbocycles. The summed E-state index contributed by atoms with van der Waals surface area (Å²) in [5.41, 5.74) is 0.746. The number of rotatable bonds is 6. The van der Waals surface area contributed by atoms with Crippen LogP contribution < -0.4 is 9.46 Å².